The molecule has 8 heteroatoms. The second-order valence-corrected chi connectivity index (χ2v) is 15.8. The van der Waals surface area contributed by atoms with Crippen LogP contribution in [0.4, 0.5) is 0 Å². The first-order valence-electron chi connectivity index (χ1n) is 12.0. The van der Waals surface area contributed by atoms with Crippen molar-refractivity contribution in [3.05, 3.63) is 12.2 Å². The van der Waals surface area contributed by atoms with Gasteiger partial charge in [-0.05, 0) is 32.0 Å². The third-order valence-corrected chi connectivity index (χ3v) is 11.9. The van der Waals surface area contributed by atoms with E-state index in [-0.39, 0.29) is 35.7 Å². The molecule has 0 unspecified atom stereocenters. The standard InChI is InChI=1S/C25H46O7Si/c1-10-12-16(3)22-25(7,31-22)23(32-33(8,9)24(4,5)6)19(15-27)21(30)18(14-26)20(29)13-17(28)11-2/h10,12,16,18-20,22-23,26-27,29H,11,13-15H2,1-9H3/b12-10-/t16-,18-,19-,20-,22+,23-,25-/m0/s1. The van der Waals surface area contributed by atoms with E-state index in [1.54, 1.807) is 6.92 Å². The normalized spacial score (nSPS) is 26.0. The highest BCUT2D eigenvalue weighted by molar-refractivity contribution is 6.74. The number of hydrogen-bond donors (Lipinski definition) is 3. The molecule has 7 atom stereocenters. The maximum Gasteiger partial charge on any atom is 0.192 e. The summed E-state index contributed by atoms with van der Waals surface area (Å²) in [5.74, 6) is -2.80. The molecule has 0 radical (unpaired) electrons. The zero-order valence-electron chi connectivity index (χ0n) is 21.9. The minimum absolute atomic E-state index is 0.0846. The van der Waals surface area contributed by atoms with Crippen molar-refractivity contribution in [3.8, 4) is 0 Å². The molecule has 0 saturated carbocycles. The first-order valence-corrected chi connectivity index (χ1v) is 15.0. The second kappa shape index (κ2) is 11.7. The van der Waals surface area contributed by atoms with E-state index in [0.717, 1.165) is 0 Å². The molecular weight excluding hydrogens is 440 g/mol. The Hall–Kier alpha value is -0.903. The molecular formula is C25H46O7Si. The van der Waals surface area contributed by atoms with Gasteiger partial charge in [0.15, 0.2) is 8.32 Å². The van der Waals surface area contributed by atoms with E-state index < -0.39 is 57.0 Å². The highest BCUT2D eigenvalue weighted by atomic mass is 28.4. The van der Waals surface area contributed by atoms with Crippen LogP contribution < -0.4 is 0 Å². The summed E-state index contributed by atoms with van der Waals surface area (Å²) >= 11 is 0. The van der Waals surface area contributed by atoms with Crippen LogP contribution >= 0.6 is 0 Å². The Morgan fingerprint density at radius 3 is 2.15 bits per heavy atom. The number of hydrogen-bond acceptors (Lipinski definition) is 7. The summed E-state index contributed by atoms with van der Waals surface area (Å²) in [4.78, 5) is 25.4. The first-order chi connectivity index (χ1) is 15.1. The van der Waals surface area contributed by atoms with Crippen molar-refractivity contribution in [3.63, 3.8) is 0 Å². The number of allylic oxidation sites excluding steroid dienone is 1. The second-order valence-electron chi connectivity index (χ2n) is 11.1. The van der Waals surface area contributed by atoms with Gasteiger partial charge in [-0.2, -0.15) is 0 Å². The molecule has 1 aliphatic heterocycles. The summed E-state index contributed by atoms with van der Waals surface area (Å²) in [5, 5.41) is 30.7. The van der Waals surface area contributed by atoms with Crippen LogP contribution in [0, 0.1) is 17.8 Å². The van der Waals surface area contributed by atoms with E-state index in [1.807, 2.05) is 32.9 Å². The SMILES string of the molecule is C/C=C\[C@H](C)[C@H]1O[C@]1(C)[C@@H](O[Si](C)(C)C(C)(C)C)[C@@H](CO)C(=O)[C@@H](CO)[C@@H](O)CC(=O)CC. The smallest absolute Gasteiger partial charge is 0.192 e. The van der Waals surface area contributed by atoms with Crippen molar-refractivity contribution in [1.82, 2.24) is 0 Å². The van der Waals surface area contributed by atoms with Gasteiger partial charge in [-0.1, -0.05) is 46.8 Å². The largest absolute Gasteiger partial charge is 0.410 e. The van der Waals surface area contributed by atoms with Gasteiger partial charge in [0.25, 0.3) is 0 Å². The van der Waals surface area contributed by atoms with Gasteiger partial charge < -0.3 is 24.5 Å². The van der Waals surface area contributed by atoms with Crippen molar-refractivity contribution in [2.75, 3.05) is 13.2 Å². The highest BCUT2D eigenvalue weighted by Gasteiger charge is 2.64. The van der Waals surface area contributed by atoms with Crippen LogP contribution in [0.25, 0.3) is 0 Å². The molecule has 1 aliphatic rings. The van der Waals surface area contributed by atoms with Crippen LogP contribution in [0.3, 0.4) is 0 Å². The van der Waals surface area contributed by atoms with E-state index in [4.69, 9.17) is 9.16 Å². The number of carbonyl (C=O) groups excluding carboxylic acids is 2. The summed E-state index contributed by atoms with van der Waals surface area (Å²) < 4.78 is 12.8. The predicted octanol–water partition coefficient (Wildman–Crippen LogP) is 3.26. The summed E-state index contributed by atoms with van der Waals surface area (Å²) in [7, 11) is -2.39. The Morgan fingerprint density at radius 2 is 1.73 bits per heavy atom. The van der Waals surface area contributed by atoms with E-state index in [1.165, 1.54) is 0 Å². The zero-order valence-corrected chi connectivity index (χ0v) is 22.9. The molecule has 0 aromatic heterocycles. The number of carbonyl (C=O) groups is 2. The maximum absolute atomic E-state index is 13.5. The average molecular weight is 487 g/mol. The van der Waals surface area contributed by atoms with Gasteiger partial charge in [0.1, 0.15) is 17.2 Å². The minimum Gasteiger partial charge on any atom is -0.410 e. The Bertz CT molecular complexity index is 699. The lowest BCUT2D eigenvalue weighted by Gasteiger charge is -2.43. The number of aliphatic hydroxyl groups excluding tert-OH is 3. The lowest BCUT2D eigenvalue weighted by atomic mass is 9.79. The summed E-state index contributed by atoms with van der Waals surface area (Å²) in [6.07, 6.45) is 1.75. The van der Waals surface area contributed by atoms with Crippen molar-refractivity contribution in [2.45, 2.75) is 103 Å². The molecule has 33 heavy (non-hydrogen) atoms. The van der Waals surface area contributed by atoms with Gasteiger partial charge in [0.2, 0.25) is 0 Å². The third kappa shape index (κ3) is 7.05. The Kier molecular flexibility index (Phi) is 10.7. The topological polar surface area (TPSA) is 117 Å². The van der Waals surface area contributed by atoms with Crippen molar-refractivity contribution in [2.24, 2.45) is 17.8 Å². The minimum atomic E-state index is -2.39. The molecule has 3 N–H and O–H groups in total. The van der Waals surface area contributed by atoms with Gasteiger partial charge in [0, 0.05) is 18.8 Å². The summed E-state index contributed by atoms with van der Waals surface area (Å²) in [6.45, 7) is 16.9. The number of Topliss-reactive ketones (excluding diaryl/α,β-unsaturated/α-hetero) is 2. The van der Waals surface area contributed by atoms with Gasteiger partial charge in [0.05, 0.1) is 43.4 Å². The molecule has 0 aromatic carbocycles. The van der Waals surface area contributed by atoms with Gasteiger partial charge in [-0.25, -0.2) is 0 Å². The maximum atomic E-state index is 13.5. The molecule has 1 rings (SSSR count). The summed E-state index contributed by atoms with van der Waals surface area (Å²) in [6, 6.07) is 0. The molecule has 1 heterocycles. The highest BCUT2D eigenvalue weighted by Crippen LogP contribution is 2.50. The van der Waals surface area contributed by atoms with Crippen molar-refractivity contribution < 1.29 is 34.1 Å². The van der Waals surface area contributed by atoms with E-state index >= 15 is 0 Å². The van der Waals surface area contributed by atoms with Crippen LogP contribution in [0.5, 0.6) is 0 Å². The third-order valence-electron chi connectivity index (χ3n) is 7.44. The van der Waals surface area contributed by atoms with Gasteiger partial charge >= 0.3 is 0 Å². The fourth-order valence-electron chi connectivity index (χ4n) is 4.13. The molecule has 0 bridgehead atoms. The quantitative estimate of drug-likeness (QED) is 0.196. The Balaban J connectivity index is 3.36. The molecule has 0 aromatic rings. The van der Waals surface area contributed by atoms with Crippen LogP contribution in [-0.2, 0) is 18.8 Å². The van der Waals surface area contributed by atoms with Crippen LogP contribution in [0.15, 0.2) is 12.2 Å². The van der Waals surface area contributed by atoms with Crippen molar-refractivity contribution >= 4 is 19.9 Å². The predicted molar refractivity (Wildman–Crippen MR) is 131 cm³/mol. The van der Waals surface area contributed by atoms with E-state index in [9.17, 15) is 24.9 Å². The van der Waals surface area contributed by atoms with Crippen LogP contribution in [-0.4, -0.2) is 72.3 Å². The average Bonchev–Trinajstić information content (AvgIpc) is 3.40. The van der Waals surface area contributed by atoms with Gasteiger partial charge in [-0.15, -0.1) is 0 Å². The van der Waals surface area contributed by atoms with Crippen LogP contribution in [0.1, 0.15) is 61.3 Å². The Morgan fingerprint density at radius 1 is 1.18 bits per heavy atom. The monoisotopic (exact) mass is 486 g/mol. The van der Waals surface area contributed by atoms with Crippen molar-refractivity contribution in [1.29, 1.82) is 0 Å². The number of epoxide rings is 1. The van der Waals surface area contributed by atoms with Crippen LogP contribution in [0.2, 0.25) is 18.1 Å². The Labute approximate surface area is 200 Å². The number of ether oxygens (including phenoxy) is 1. The summed E-state index contributed by atoms with van der Waals surface area (Å²) in [5.41, 5.74) is -0.804. The zero-order chi connectivity index (χ0) is 25.8. The van der Waals surface area contributed by atoms with Gasteiger partial charge in [-0.3, -0.25) is 9.59 Å². The molecule has 0 spiro atoms. The van der Waals surface area contributed by atoms with E-state index in [0.29, 0.717) is 0 Å². The molecule has 1 saturated heterocycles. The number of aliphatic hydroxyl groups is 3. The van der Waals surface area contributed by atoms with E-state index in [2.05, 4.69) is 33.9 Å². The first kappa shape index (κ1) is 30.1. The number of rotatable bonds is 14. The molecule has 7 nitrogen and oxygen atoms in total. The lowest BCUT2D eigenvalue weighted by molar-refractivity contribution is -0.140. The molecule has 192 valence electrons. The number of ketones is 2. The molecule has 0 amide bonds. The fourth-order valence-corrected chi connectivity index (χ4v) is 5.51. The fraction of sp³-hybridized carbons (Fsp3) is 0.840. The molecule has 0 aliphatic carbocycles. The molecule has 1 fully saturated rings. The lowest BCUT2D eigenvalue weighted by Crippen LogP contribution is -2.55.